The van der Waals surface area contributed by atoms with Crippen molar-refractivity contribution >= 4 is 69.6 Å². The molecule has 0 aliphatic carbocycles. The third-order valence-corrected chi connectivity index (χ3v) is 5.65. The topological polar surface area (TPSA) is 23.6 Å². The van der Waals surface area contributed by atoms with Gasteiger partial charge in [-0.05, 0) is 29.8 Å². The van der Waals surface area contributed by atoms with Crippen molar-refractivity contribution < 1.29 is 18.0 Å². The SMILES string of the molecule is O=C1C(C(F)(F)F)CN(Cc2ccc(Cl)c(Cl)c2)N1c1c(Cl)cc(Cl)cc1Cl. The molecule has 2 aromatic carbocycles. The van der Waals surface area contributed by atoms with Gasteiger partial charge in [0.2, 0.25) is 0 Å². The van der Waals surface area contributed by atoms with Crippen LogP contribution in [0.2, 0.25) is 25.1 Å². The summed E-state index contributed by atoms with van der Waals surface area (Å²) in [6.45, 7) is -0.650. The van der Waals surface area contributed by atoms with Crippen LogP contribution in [-0.4, -0.2) is 23.6 Å². The summed E-state index contributed by atoms with van der Waals surface area (Å²) >= 11 is 30.0. The molecule has 0 aromatic heterocycles. The van der Waals surface area contributed by atoms with Gasteiger partial charge in [0.25, 0.3) is 5.91 Å². The highest BCUT2D eigenvalue weighted by atomic mass is 35.5. The number of alkyl halides is 3. The van der Waals surface area contributed by atoms with Crippen LogP contribution in [0.15, 0.2) is 30.3 Å². The van der Waals surface area contributed by atoms with E-state index in [-0.39, 0.29) is 32.3 Å². The van der Waals surface area contributed by atoms with Crippen LogP contribution in [0.3, 0.4) is 0 Å². The molecule has 28 heavy (non-hydrogen) atoms. The predicted molar refractivity (Wildman–Crippen MR) is 105 cm³/mol. The number of rotatable bonds is 3. The summed E-state index contributed by atoms with van der Waals surface area (Å²) in [4.78, 5) is 12.6. The fraction of sp³-hybridized carbons (Fsp3) is 0.235. The first kappa shape index (κ1) is 21.8. The Balaban J connectivity index is 2.05. The highest BCUT2D eigenvalue weighted by Crippen LogP contribution is 2.43. The van der Waals surface area contributed by atoms with E-state index in [1.54, 1.807) is 6.07 Å². The smallest absolute Gasteiger partial charge is 0.272 e. The zero-order valence-electron chi connectivity index (χ0n) is 13.7. The molecule has 3 nitrogen and oxygen atoms in total. The first-order valence-corrected chi connectivity index (χ1v) is 9.62. The Hall–Kier alpha value is -0.890. The number of halogens is 8. The van der Waals surface area contributed by atoms with Crippen molar-refractivity contribution in [2.75, 3.05) is 11.6 Å². The van der Waals surface area contributed by atoms with Gasteiger partial charge in [-0.15, -0.1) is 0 Å². The lowest BCUT2D eigenvalue weighted by atomic mass is 10.1. The molecule has 11 heteroatoms. The van der Waals surface area contributed by atoms with Crippen molar-refractivity contribution in [1.29, 1.82) is 0 Å². The van der Waals surface area contributed by atoms with E-state index < -0.39 is 24.5 Å². The maximum absolute atomic E-state index is 13.4. The maximum atomic E-state index is 13.4. The lowest BCUT2D eigenvalue weighted by Crippen LogP contribution is -2.39. The van der Waals surface area contributed by atoms with E-state index >= 15 is 0 Å². The molecule has 1 fully saturated rings. The Morgan fingerprint density at radius 3 is 2.07 bits per heavy atom. The molecule has 0 bridgehead atoms. The van der Waals surface area contributed by atoms with E-state index in [1.165, 1.54) is 29.3 Å². The zero-order valence-corrected chi connectivity index (χ0v) is 17.5. The maximum Gasteiger partial charge on any atom is 0.401 e. The molecule has 0 spiro atoms. The number of hydrogen-bond donors (Lipinski definition) is 0. The second-order valence-corrected chi connectivity index (χ2v) is 8.12. The normalized spacial score (nSPS) is 18.2. The molecular weight excluding hydrogens is 482 g/mol. The monoisotopic (exact) mass is 490 g/mol. The molecule has 0 saturated carbocycles. The van der Waals surface area contributed by atoms with E-state index in [4.69, 9.17) is 58.0 Å². The quantitative estimate of drug-likeness (QED) is 0.466. The summed E-state index contributed by atoms with van der Waals surface area (Å²) in [6, 6.07) is 7.23. The van der Waals surface area contributed by atoms with Crippen molar-refractivity contribution in [3.05, 3.63) is 61.0 Å². The van der Waals surface area contributed by atoms with Gasteiger partial charge < -0.3 is 0 Å². The highest BCUT2D eigenvalue weighted by Gasteiger charge is 2.54. The number of hydrazine groups is 1. The number of carbonyl (C=O) groups excluding carboxylic acids is 1. The van der Waals surface area contributed by atoms with Crippen LogP contribution in [0.5, 0.6) is 0 Å². The average molecular weight is 493 g/mol. The second kappa shape index (κ2) is 8.09. The molecule has 2 aromatic rings. The number of benzene rings is 2. The van der Waals surface area contributed by atoms with Crippen LogP contribution in [0, 0.1) is 5.92 Å². The van der Waals surface area contributed by atoms with Gasteiger partial charge in [0.15, 0.2) is 0 Å². The molecule has 1 heterocycles. The molecule has 1 unspecified atom stereocenters. The number of amides is 1. The molecule has 0 N–H and O–H groups in total. The van der Waals surface area contributed by atoms with Crippen molar-refractivity contribution in [3.8, 4) is 0 Å². The molecule has 1 aliphatic rings. The minimum absolute atomic E-state index is 0.0483. The van der Waals surface area contributed by atoms with Gasteiger partial charge in [-0.3, -0.25) is 4.79 Å². The molecule has 1 amide bonds. The number of hydrogen-bond acceptors (Lipinski definition) is 2. The standard InChI is InChI=1S/C17H10Cl5F3N2O/c18-9-4-13(21)15(14(22)5-9)27-16(28)10(17(23,24)25)7-26(27)6-8-1-2-11(19)12(20)3-8/h1-5,10H,6-7H2. The highest BCUT2D eigenvalue weighted by molar-refractivity contribution is 6.42. The Morgan fingerprint density at radius 1 is 0.929 bits per heavy atom. The third-order valence-electron chi connectivity index (χ3n) is 4.12. The molecular formula is C17H10Cl5F3N2O. The first-order valence-electron chi connectivity index (χ1n) is 7.73. The van der Waals surface area contributed by atoms with Crippen molar-refractivity contribution in [2.45, 2.75) is 12.7 Å². The van der Waals surface area contributed by atoms with Gasteiger partial charge in [-0.1, -0.05) is 64.1 Å². The number of carbonyl (C=O) groups is 1. The van der Waals surface area contributed by atoms with Gasteiger partial charge in [-0.25, -0.2) is 10.0 Å². The van der Waals surface area contributed by atoms with Crippen LogP contribution in [0.25, 0.3) is 0 Å². The van der Waals surface area contributed by atoms with E-state index in [0.717, 1.165) is 5.01 Å². The van der Waals surface area contributed by atoms with Gasteiger partial charge in [0.1, 0.15) is 5.92 Å². The summed E-state index contributed by atoms with van der Waals surface area (Å²) < 4.78 is 40.2. The molecule has 1 atom stereocenters. The largest absolute Gasteiger partial charge is 0.401 e. The van der Waals surface area contributed by atoms with E-state index in [2.05, 4.69) is 0 Å². The molecule has 150 valence electrons. The Bertz CT molecular complexity index is 914. The van der Waals surface area contributed by atoms with E-state index in [0.29, 0.717) is 10.6 Å². The minimum Gasteiger partial charge on any atom is -0.272 e. The van der Waals surface area contributed by atoms with Gasteiger partial charge in [0.05, 0.1) is 25.8 Å². The summed E-state index contributed by atoms with van der Waals surface area (Å²) in [5.41, 5.74) is 0.487. The third kappa shape index (κ3) is 4.32. The summed E-state index contributed by atoms with van der Waals surface area (Å²) in [7, 11) is 0. The molecule has 3 rings (SSSR count). The fourth-order valence-electron chi connectivity index (χ4n) is 2.87. The van der Waals surface area contributed by atoms with Crippen molar-refractivity contribution in [1.82, 2.24) is 5.01 Å². The fourth-order valence-corrected chi connectivity index (χ4v) is 4.17. The van der Waals surface area contributed by atoms with Gasteiger partial charge in [0, 0.05) is 18.1 Å². The van der Waals surface area contributed by atoms with Gasteiger partial charge in [-0.2, -0.15) is 13.2 Å². The molecule has 1 saturated heterocycles. The molecule has 0 radical (unpaired) electrons. The van der Waals surface area contributed by atoms with Crippen LogP contribution >= 0.6 is 58.0 Å². The number of anilines is 1. The van der Waals surface area contributed by atoms with Crippen molar-refractivity contribution in [3.63, 3.8) is 0 Å². The first-order chi connectivity index (χ1) is 13.0. The van der Waals surface area contributed by atoms with Crippen LogP contribution in [0.4, 0.5) is 18.9 Å². The summed E-state index contributed by atoms with van der Waals surface area (Å²) in [5, 5.41) is 2.69. The summed E-state index contributed by atoms with van der Waals surface area (Å²) in [6.07, 6.45) is -4.73. The predicted octanol–water partition coefficient (Wildman–Crippen LogP) is 6.90. The lowest BCUT2D eigenvalue weighted by molar-refractivity contribution is -0.175. The zero-order chi connectivity index (χ0) is 20.8. The van der Waals surface area contributed by atoms with Crippen molar-refractivity contribution in [2.24, 2.45) is 5.92 Å². The minimum atomic E-state index is -4.73. The Morgan fingerprint density at radius 2 is 1.54 bits per heavy atom. The molecule has 1 aliphatic heterocycles. The van der Waals surface area contributed by atoms with Gasteiger partial charge >= 0.3 is 6.18 Å². The lowest BCUT2D eigenvalue weighted by Gasteiger charge is -2.29. The summed E-state index contributed by atoms with van der Waals surface area (Å²) in [5.74, 6) is -3.41. The van der Waals surface area contributed by atoms with E-state index in [1.807, 2.05) is 0 Å². The Kier molecular flexibility index (Phi) is 6.30. The average Bonchev–Trinajstić information content (AvgIpc) is 2.87. The second-order valence-electron chi connectivity index (χ2n) is 6.06. The van der Waals surface area contributed by atoms with Crippen LogP contribution in [-0.2, 0) is 11.3 Å². The van der Waals surface area contributed by atoms with E-state index in [9.17, 15) is 18.0 Å². The van der Waals surface area contributed by atoms with Crippen LogP contribution < -0.4 is 5.01 Å². The number of nitrogens with zero attached hydrogens (tertiary/aromatic N) is 2. The van der Waals surface area contributed by atoms with Crippen LogP contribution in [0.1, 0.15) is 5.56 Å². The Labute approximate surface area is 183 Å².